The summed E-state index contributed by atoms with van der Waals surface area (Å²) >= 11 is 1.34. The zero-order valence-corrected chi connectivity index (χ0v) is 14.9. The first-order valence-electron chi connectivity index (χ1n) is 8.41. The molecule has 4 rings (SSSR count). The first-order chi connectivity index (χ1) is 12.8. The third-order valence-electron chi connectivity index (χ3n) is 4.11. The molecule has 1 aromatic carbocycles. The number of hydrogen-bond acceptors (Lipinski definition) is 6. The Bertz CT molecular complexity index is 891. The van der Waals surface area contributed by atoms with Crippen LogP contribution in [0.4, 0.5) is 11.5 Å². The molecule has 26 heavy (non-hydrogen) atoms. The number of hydrogen-bond donors (Lipinski definition) is 1. The Balaban J connectivity index is 1.53. The zero-order chi connectivity index (χ0) is 17.8. The van der Waals surface area contributed by atoms with Gasteiger partial charge in [-0.05, 0) is 12.1 Å². The predicted octanol–water partition coefficient (Wildman–Crippen LogP) is 3.29. The Morgan fingerprint density at radius 1 is 1.12 bits per heavy atom. The summed E-state index contributed by atoms with van der Waals surface area (Å²) in [6.07, 6.45) is 1.73. The van der Waals surface area contributed by atoms with Gasteiger partial charge < -0.3 is 15.0 Å². The van der Waals surface area contributed by atoms with Crippen LogP contribution in [-0.2, 0) is 4.74 Å². The van der Waals surface area contributed by atoms with Crippen molar-refractivity contribution in [3.63, 3.8) is 0 Å². The largest absolute Gasteiger partial charge is 0.378 e. The molecule has 0 bridgehead atoms. The topological polar surface area (TPSA) is 67.4 Å². The highest BCUT2D eigenvalue weighted by molar-refractivity contribution is 7.12. The predicted molar refractivity (Wildman–Crippen MR) is 103 cm³/mol. The second-order valence-corrected chi connectivity index (χ2v) is 6.69. The number of carbonyl (C=O) groups is 1. The van der Waals surface area contributed by atoms with Crippen LogP contribution in [0.3, 0.4) is 0 Å². The van der Waals surface area contributed by atoms with Gasteiger partial charge in [-0.1, -0.05) is 30.3 Å². The normalized spacial score (nSPS) is 14.2. The molecule has 0 radical (unpaired) electrons. The van der Waals surface area contributed by atoms with Crippen LogP contribution in [-0.4, -0.2) is 42.2 Å². The summed E-state index contributed by atoms with van der Waals surface area (Å²) in [4.78, 5) is 23.7. The van der Waals surface area contributed by atoms with Crippen molar-refractivity contribution in [3.05, 3.63) is 59.0 Å². The number of aromatic nitrogens is 2. The number of thiazole rings is 1. The van der Waals surface area contributed by atoms with Crippen LogP contribution in [0.5, 0.6) is 0 Å². The van der Waals surface area contributed by atoms with E-state index in [1.807, 2.05) is 47.8 Å². The molecule has 3 heterocycles. The Morgan fingerprint density at radius 3 is 2.73 bits per heavy atom. The maximum absolute atomic E-state index is 12.7. The molecule has 132 valence electrons. The zero-order valence-electron chi connectivity index (χ0n) is 14.1. The summed E-state index contributed by atoms with van der Waals surface area (Å²) in [5, 5.41) is 5.28. The lowest BCUT2D eigenvalue weighted by molar-refractivity contribution is 0.102. The number of nitrogens with zero attached hydrogens (tertiary/aromatic N) is 3. The molecule has 2 aromatic heterocycles. The number of anilines is 2. The lowest BCUT2D eigenvalue weighted by atomic mass is 10.2. The average Bonchev–Trinajstić information content (AvgIpc) is 3.20. The van der Waals surface area contributed by atoms with E-state index in [2.05, 4.69) is 20.2 Å². The van der Waals surface area contributed by atoms with Crippen LogP contribution in [0.1, 0.15) is 9.80 Å². The third-order valence-corrected chi connectivity index (χ3v) is 4.95. The van der Waals surface area contributed by atoms with Gasteiger partial charge in [0.15, 0.2) is 10.8 Å². The van der Waals surface area contributed by atoms with Crippen molar-refractivity contribution in [1.29, 1.82) is 0 Å². The number of pyridine rings is 1. The van der Waals surface area contributed by atoms with E-state index in [1.54, 1.807) is 6.20 Å². The summed E-state index contributed by atoms with van der Waals surface area (Å²) in [7, 11) is 0. The van der Waals surface area contributed by atoms with Crippen molar-refractivity contribution < 1.29 is 9.53 Å². The van der Waals surface area contributed by atoms with Crippen molar-refractivity contribution in [2.45, 2.75) is 0 Å². The van der Waals surface area contributed by atoms with E-state index in [1.165, 1.54) is 11.3 Å². The average molecular weight is 366 g/mol. The maximum atomic E-state index is 12.7. The molecule has 1 N–H and O–H groups in total. The van der Waals surface area contributed by atoms with E-state index < -0.39 is 0 Å². The van der Waals surface area contributed by atoms with Gasteiger partial charge in [-0.15, -0.1) is 11.3 Å². The molecule has 0 saturated carbocycles. The molecule has 0 unspecified atom stereocenters. The molecule has 6 nitrogen and oxygen atoms in total. The molecular weight excluding hydrogens is 348 g/mol. The highest BCUT2D eigenvalue weighted by Gasteiger charge is 2.19. The number of amides is 1. The minimum Gasteiger partial charge on any atom is -0.378 e. The summed E-state index contributed by atoms with van der Waals surface area (Å²) in [5.74, 6) is 0.545. The van der Waals surface area contributed by atoms with Gasteiger partial charge in [0.2, 0.25) is 0 Å². The van der Waals surface area contributed by atoms with Crippen LogP contribution in [0.15, 0.2) is 54.0 Å². The van der Waals surface area contributed by atoms with Gasteiger partial charge in [-0.3, -0.25) is 4.79 Å². The van der Waals surface area contributed by atoms with Gasteiger partial charge >= 0.3 is 0 Å². The third kappa shape index (κ3) is 3.58. The molecular formula is C19H18N4O2S. The number of carbonyl (C=O) groups excluding carboxylic acids is 1. The van der Waals surface area contributed by atoms with Gasteiger partial charge in [-0.25, -0.2) is 9.97 Å². The van der Waals surface area contributed by atoms with Gasteiger partial charge in [0.05, 0.1) is 24.6 Å². The maximum Gasteiger partial charge on any atom is 0.284 e. The summed E-state index contributed by atoms with van der Waals surface area (Å²) < 4.78 is 5.39. The highest BCUT2D eigenvalue weighted by atomic mass is 32.1. The molecule has 0 aliphatic carbocycles. The number of morpholine rings is 1. The molecule has 1 aliphatic heterocycles. The number of ether oxygens (including phenoxy) is 1. The highest BCUT2D eigenvalue weighted by Crippen LogP contribution is 2.26. The molecule has 1 aliphatic rings. The van der Waals surface area contributed by atoms with Crippen LogP contribution < -0.4 is 10.2 Å². The summed E-state index contributed by atoms with van der Waals surface area (Å²) in [6, 6.07) is 13.5. The molecule has 3 aromatic rings. The van der Waals surface area contributed by atoms with Gasteiger partial charge in [-0.2, -0.15) is 0 Å². The molecule has 1 saturated heterocycles. The second kappa shape index (κ2) is 7.63. The van der Waals surface area contributed by atoms with Crippen LogP contribution in [0.2, 0.25) is 0 Å². The van der Waals surface area contributed by atoms with E-state index in [0.29, 0.717) is 23.9 Å². The van der Waals surface area contributed by atoms with Crippen LogP contribution in [0.25, 0.3) is 11.3 Å². The first-order valence-corrected chi connectivity index (χ1v) is 9.29. The van der Waals surface area contributed by atoms with Crippen molar-refractivity contribution in [3.8, 4) is 11.3 Å². The molecule has 1 amide bonds. The lowest BCUT2D eigenvalue weighted by Crippen LogP contribution is -2.37. The standard InChI is InChI=1S/C19H18N4O2S/c24-18(19-22-16(13-26-19)14-5-2-1-3-6-14)21-15-7-4-8-20-17(15)23-9-11-25-12-10-23/h1-8,13H,9-12H2,(H,21,24). The fourth-order valence-corrected chi connectivity index (χ4v) is 3.54. The smallest absolute Gasteiger partial charge is 0.284 e. The van der Waals surface area contributed by atoms with Crippen molar-refractivity contribution >= 4 is 28.7 Å². The van der Waals surface area contributed by atoms with Crippen LogP contribution in [0, 0.1) is 0 Å². The molecule has 1 fully saturated rings. The quantitative estimate of drug-likeness (QED) is 0.767. The molecule has 7 heteroatoms. The van der Waals surface area contributed by atoms with E-state index in [-0.39, 0.29) is 5.91 Å². The Labute approximate surface area is 155 Å². The van der Waals surface area contributed by atoms with Gasteiger partial charge in [0.1, 0.15) is 0 Å². The van der Waals surface area contributed by atoms with E-state index in [0.717, 1.165) is 30.2 Å². The Hall–Kier alpha value is -2.77. The summed E-state index contributed by atoms with van der Waals surface area (Å²) in [5.41, 5.74) is 2.49. The van der Waals surface area contributed by atoms with Gasteiger partial charge in [0.25, 0.3) is 5.91 Å². The van der Waals surface area contributed by atoms with E-state index in [9.17, 15) is 4.79 Å². The monoisotopic (exact) mass is 366 g/mol. The fraction of sp³-hybridized carbons (Fsp3) is 0.211. The van der Waals surface area contributed by atoms with Crippen LogP contribution >= 0.6 is 11.3 Å². The number of benzene rings is 1. The van der Waals surface area contributed by atoms with Crippen molar-refractivity contribution in [1.82, 2.24) is 9.97 Å². The van der Waals surface area contributed by atoms with Gasteiger partial charge in [0, 0.05) is 30.2 Å². The fourth-order valence-electron chi connectivity index (χ4n) is 2.82. The summed E-state index contributed by atoms with van der Waals surface area (Å²) in [6.45, 7) is 2.85. The minimum atomic E-state index is -0.223. The van der Waals surface area contributed by atoms with Crippen molar-refractivity contribution in [2.24, 2.45) is 0 Å². The lowest BCUT2D eigenvalue weighted by Gasteiger charge is -2.29. The SMILES string of the molecule is O=C(Nc1cccnc1N1CCOCC1)c1nc(-c2ccccc2)cs1. The van der Waals surface area contributed by atoms with E-state index >= 15 is 0 Å². The second-order valence-electron chi connectivity index (χ2n) is 5.83. The van der Waals surface area contributed by atoms with E-state index in [4.69, 9.17) is 4.74 Å². The molecule has 0 spiro atoms. The Morgan fingerprint density at radius 2 is 1.92 bits per heavy atom. The Kier molecular flexibility index (Phi) is 4.90. The molecule has 0 atom stereocenters. The van der Waals surface area contributed by atoms with Crippen molar-refractivity contribution in [2.75, 3.05) is 36.5 Å². The first kappa shape index (κ1) is 16.7. The minimum absolute atomic E-state index is 0.223. The number of rotatable bonds is 4. The number of nitrogens with one attached hydrogen (secondary N) is 1.